The molecule has 6 heteroatoms. The lowest BCUT2D eigenvalue weighted by atomic mass is 10.2. The van der Waals surface area contributed by atoms with Crippen molar-refractivity contribution in [3.63, 3.8) is 0 Å². The van der Waals surface area contributed by atoms with Crippen LogP contribution in [0.3, 0.4) is 0 Å². The summed E-state index contributed by atoms with van der Waals surface area (Å²) in [6.07, 6.45) is 0. The van der Waals surface area contributed by atoms with Crippen LogP contribution in [0.25, 0.3) is 0 Å². The van der Waals surface area contributed by atoms with Gasteiger partial charge in [-0.25, -0.2) is 0 Å². The molecule has 1 atom stereocenters. The van der Waals surface area contributed by atoms with Gasteiger partial charge in [-0.05, 0) is 38.5 Å². The van der Waals surface area contributed by atoms with E-state index in [0.29, 0.717) is 17.3 Å². The SMILES string of the molecule is COc1ccc(C)cc1N[C@H](C)C(=O)Nc1cc(C)on1. The molecular formula is C15H19N3O3. The van der Waals surface area contributed by atoms with Crippen LogP contribution in [0.4, 0.5) is 11.5 Å². The molecule has 0 bridgehead atoms. The van der Waals surface area contributed by atoms with Gasteiger partial charge < -0.3 is 19.9 Å². The lowest BCUT2D eigenvalue weighted by Crippen LogP contribution is -2.32. The Morgan fingerprint density at radius 1 is 1.33 bits per heavy atom. The number of aromatic nitrogens is 1. The summed E-state index contributed by atoms with van der Waals surface area (Å²) in [6.45, 7) is 5.51. The van der Waals surface area contributed by atoms with Gasteiger partial charge in [-0.2, -0.15) is 0 Å². The number of methoxy groups -OCH3 is 1. The number of ether oxygens (including phenoxy) is 1. The van der Waals surface area contributed by atoms with Crippen LogP contribution in [-0.4, -0.2) is 24.2 Å². The summed E-state index contributed by atoms with van der Waals surface area (Å²) in [5.41, 5.74) is 1.86. The van der Waals surface area contributed by atoms with Gasteiger partial charge in [-0.15, -0.1) is 0 Å². The molecule has 1 aromatic carbocycles. The third-order valence-electron chi connectivity index (χ3n) is 3.00. The molecule has 112 valence electrons. The number of rotatable bonds is 5. The Morgan fingerprint density at radius 3 is 2.71 bits per heavy atom. The Balaban J connectivity index is 2.05. The molecule has 0 aliphatic heterocycles. The zero-order valence-corrected chi connectivity index (χ0v) is 12.6. The number of carbonyl (C=O) groups excluding carboxylic acids is 1. The summed E-state index contributed by atoms with van der Waals surface area (Å²) in [5.74, 6) is 1.54. The first-order chi connectivity index (χ1) is 9.99. The maximum Gasteiger partial charge on any atom is 0.247 e. The fourth-order valence-corrected chi connectivity index (χ4v) is 1.89. The van der Waals surface area contributed by atoms with Gasteiger partial charge in [-0.3, -0.25) is 4.79 Å². The van der Waals surface area contributed by atoms with E-state index in [1.807, 2.05) is 25.1 Å². The Kier molecular flexibility index (Phi) is 4.47. The van der Waals surface area contributed by atoms with E-state index < -0.39 is 6.04 Å². The first-order valence-corrected chi connectivity index (χ1v) is 6.65. The quantitative estimate of drug-likeness (QED) is 0.885. The molecule has 0 radical (unpaired) electrons. The summed E-state index contributed by atoms with van der Waals surface area (Å²) in [6, 6.07) is 6.97. The van der Waals surface area contributed by atoms with E-state index >= 15 is 0 Å². The number of amides is 1. The van der Waals surface area contributed by atoms with Crippen LogP contribution >= 0.6 is 0 Å². The Hall–Kier alpha value is -2.50. The molecule has 2 rings (SSSR count). The normalized spacial score (nSPS) is 11.8. The van der Waals surface area contributed by atoms with Gasteiger partial charge in [0, 0.05) is 6.07 Å². The van der Waals surface area contributed by atoms with Crippen molar-refractivity contribution < 1.29 is 14.1 Å². The summed E-state index contributed by atoms with van der Waals surface area (Å²) in [7, 11) is 1.60. The van der Waals surface area contributed by atoms with Crippen molar-refractivity contribution in [2.45, 2.75) is 26.8 Å². The Labute approximate surface area is 123 Å². The van der Waals surface area contributed by atoms with Crippen LogP contribution in [-0.2, 0) is 4.79 Å². The predicted octanol–water partition coefficient (Wildman–Crippen LogP) is 2.74. The van der Waals surface area contributed by atoms with E-state index in [4.69, 9.17) is 9.26 Å². The second kappa shape index (κ2) is 6.30. The van der Waals surface area contributed by atoms with Crippen LogP contribution in [0, 0.1) is 13.8 Å². The predicted molar refractivity (Wildman–Crippen MR) is 80.7 cm³/mol. The summed E-state index contributed by atoms with van der Waals surface area (Å²) < 4.78 is 10.2. The minimum Gasteiger partial charge on any atom is -0.495 e. The number of anilines is 2. The average molecular weight is 289 g/mol. The Bertz CT molecular complexity index is 637. The number of benzene rings is 1. The van der Waals surface area contributed by atoms with Crippen LogP contribution in [0.1, 0.15) is 18.2 Å². The molecule has 0 aliphatic carbocycles. The van der Waals surface area contributed by atoms with Crippen LogP contribution in [0.15, 0.2) is 28.8 Å². The molecule has 1 amide bonds. The van der Waals surface area contributed by atoms with Crippen molar-refractivity contribution in [2.24, 2.45) is 0 Å². The smallest absolute Gasteiger partial charge is 0.247 e. The van der Waals surface area contributed by atoms with Gasteiger partial charge in [-0.1, -0.05) is 11.2 Å². The van der Waals surface area contributed by atoms with Crippen molar-refractivity contribution in [1.82, 2.24) is 5.16 Å². The highest BCUT2D eigenvalue weighted by atomic mass is 16.5. The molecule has 21 heavy (non-hydrogen) atoms. The summed E-state index contributed by atoms with van der Waals surface area (Å²) >= 11 is 0. The number of nitrogens with one attached hydrogen (secondary N) is 2. The van der Waals surface area contributed by atoms with Gasteiger partial charge in [0.05, 0.1) is 12.8 Å². The number of nitrogens with zero attached hydrogens (tertiary/aromatic N) is 1. The largest absolute Gasteiger partial charge is 0.495 e. The van der Waals surface area contributed by atoms with E-state index in [1.165, 1.54) is 0 Å². The molecule has 0 aliphatic rings. The first kappa shape index (κ1) is 14.9. The number of aryl methyl sites for hydroxylation is 2. The lowest BCUT2D eigenvalue weighted by Gasteiger charge is -2.17. The third kappa shape index (κ3) is 3.75. The monoisotopic (exact) mass is 289 g/mol. The van der Waals surface area contributed by atoms with E-state index in [-0.39, 0.29) is 5.91 Å². The average Bonchev–Trinajstić information content (AvgIpc) is 2.84. The fraction of sp³-hybridized carbons (Fsp3) is 0.333. The van der Waals surface area contributed by atoms with Crippen LogP contribution in [0.2, 0.25) is 0 Å². The van der Waals surface area contributed by atoms with E-state index in [1.54, 1.807) is 27.0 Å². The molecule has 0 spiro atoms. The second-order valence-corrected chi connectivity index (χ2v) is 4.88. The number of hydrogen-bond acceptors (Lipinski definition) is 5. The molecule has 0 unspecified atom stereocenters. The molecule has 0 saturated carbocycles. The molecule has 0 saturated heterocycles. The molecule has 2 N–H and O–H groups in total. The maximum atomic E-state index is 12.1. The highest BCUT2D eigenvalue weighted by molar-refractivity contribution is 5.95. The standard InChI is InChI=1S/C15H19N3O3/c1-9-5-6-13(20-4)12(7-9)16-11(3)15(19)17-14-8-10(2)21-18-14/h5-8,11,16H,1-4H3,(H,17,18,19)/t11-/m1/s1. The van der Waals surface area contributed by atoms with Gasteiger partial charge in [0.15, 0.2) is 5.82 Å². The van der Waals surface area contributed by atoms with Gasteiger partial charge in [0.1, 0.15) is 17.6 Å². The van der Waals surface area contributed by atoms with Gasteiger partial charge >= 0.3 is 0 Å². The zero-order valence-electron chi connectivity index (χ0n) is 12.6. The number of carbonyl (C=O) groups is 1. The molecule has 1 heterocycles. The van der Waals surface area contributed by atoms with Crippen molar-refractivity contribution in [3.8, 4) is 5.75 Å². The highest BCUT2D eigenvalue weighted by Crippen LogP contribution is 2.26. The zero-order chi connectivity index (χ0) is 15.4. The summed E-state index contributed by atoms with van der Waals surface area (Å²) in [5, 5.41) is 9.55. The van der Waals surface area contributed by atoms with Crippen LogP contribution < -0.4 is 15.4 Å². The fourth-order valence-electron chi connectivity index (χ4n) is 1.89. The number of hydrogen-bond donors (Lipinski definition) is 2. The van der Waals surface area contributed by atoms with E-state index in [0.717, 1.165) is 11.3 Å². The second-order valence-electron chi connectivity index (χ2n) is 4.88. The summed E-state index contributed by atoms with van der Waals surface area (Å²) in [4.78, 5) is 12.1. The maximum absolute atomic E-state index is 12.1. The molecule has 6 nitrogen and oxygen atoms in total. The van der Waals surface area contributed by atoms with E-state index in [2.05, 4.69) is 15.8 Å². The van der Waals surface area contributed by atoms with Crippen molar-refractivity contribution in [3.05, 3.63) is 35.6 Å². The van der Waals surface area contributed by atoms with Crippen molar-refractivity contribution in [1.29, 1.82) is 0 Å². The molecule has 0 fully saturated rings. The lowest BCUT2D eigenvalue weighted by molar-refractivity contribution is -0.116. The Morgan fingerprint density at radius 2 is 2.10 bits per heavy atom. The minimum absolute atomic E-state index is 0.202. The van der Waals surface area contributed by atoms with Crippen molar-refractivity contribution in [2.75, 3.05) is 17.7 Å². The van der Waals surface area contributed by atoms with Gasteiger partial charge in [0.2, 0.25) is 5.91 Å². The van der Waals surface area contributed by atoms with Crippen LogP contribution in [0.5, 0.6) is 5.75 Å². The minimum atomic E-state index is -0.447. The van der Waals surface area contributed by atoms with Gasteiger partial charge in [0.25, 0.3) is 0 Å². The molecule has 1 aromatic heterocycles. The van der Waals surface area contributed by atoms with E-state index in [9.17, 15) is 4.79 Å². The first-order valence-electron chi connectivity index (χ1n) is 6.65. The molecular weight excluding hydrogens is 270 g/mol. The topological polar surface area (TPSA) is 76.4 Å². The van der Waals surface area contributed by atoms with Crippen molar-refractivity contribution >= 4 is 17.4 Å². The molecule has 2 aromatic rings. The highest BCUT2D eigenvalue weighted by Gasteiger charge is 2.16. The third-order valence-corrected chi connectivity index (χ3v) is 3.00.